The fraction of sp³-hybridized carbons (Fsp3) is 0.238. The van der Waals surface area contributed by atoms with E-state index in [2.05, 4.69) is 73.1 Å². The smallest absolute Gasteiger partial charge is 0.113 e. The van der Waals surface area contributed by atoms with E-state index in [-0.39, 0.29) is 0 Å². The second kappa shape index (κ2) is 7.28. The molecule has 0 spiro atoms. The summed E-state index contributed by atoms with van der Waals surface area (Å²) in [6.07, 6.45) is 6.30. The van der Waals surface area contributed by atoms with E-state index in [1.54, 1.807) is 0 Å². The molecule has 3 rings (SSSR count). The summed E-state index contributed by atoms with van der Waals surface area (Å²) >= 11 is 0. The van der Waals surface area contributed by atoms with Crippen LogP contribution in [0.1, 0.15) is 31.2 Å². The first kappa shape index (κ1) is 15.5. The maximum Gasteiger partial charge on any atom is 0.113 e. The SMILES string of the molecule is [CH2]Cc1ccc(-n2cc(-c3ccccc3)nc2CCCC)cc1. The number of hydrogen-bond acceptors (Lipinski definition) is 1. The Morgan fingerprint density at radius 3 is 2.39 bits per heavy atom. The Balaban J connectivity index is 2.00. The Bertz CT molecular complexity index is 739. The van der Waals surface area contributed by atoms with Gasteiger partial charge < -0.3 is 4.57 Å². The maximum atomic E-state index is 4.89. The van der Waals surface area contributed by atoms with E-state index in [4.69, 9.17) is 4.98 Å². The third-order valence-electron chi connectivity index (χ3n) is 4.11. The van der Waals surface area contributed by atoms with Crippen LogP contribution in [0.25, 0.3) is 16.9 Å². The number of benzene rings is 2. The highest BCUT2D eigenvalue weighted by Crippen LogP contribution is 2.22. The highest BCUT2D eigenvalue weighted by molar-refractivity contribution is 5.59. The number of aryl methyl sites for hydroxylation is 1. The molecule has 0 aliphatic rings. The molecule has 0 N–H and O–H groups in total. The third-order valence-corrected chi connectivity index (χ3v) is 4.11. The van der Waals surface area contributed by atoms with Gasteiger partial charge in [0.05, 0.1) is 5.69 Å². The van der Waals surface area contributed by atoms with Crippen LogP contribution in [0, 0.1) is 6.92 Å². The summed E-state index contributed by atoms with van der Waals surface area (Å²) in [5, 5.41) is 0. The van der Waals surface area contributed by atoms with Gasteiger partial charge in [-0.3, -0.25) is 0 Å². The fourth-order valence-corrected chi connectivity index (χ4v) is 2.72. The van der Waals surface area contributed by atoms with Gasteiger partial charge in [0.25, 0.3) is 0 Å². The Morgan fingerprint density at radius 1 is 1.00 bits per heavy atom. The van der Waals surface area contributed by atoms with Crippen molar-refractivity contribution < 1.29 is 0 Å². The van der Waals surface area contributed by atoms with Gasteiger partial charge in [-0.1, -0.05) is 55.8 Å². The number of rotatable bonds is 6. The first-order chi connectivity index (χ1) is 11.3. The van der Waals surface area contributed by atoms with Gasteiger partial charge in [-0.15, -0.1) is 0 Å². The zero-order valence-electron chi connectivity index (χ0n) is 13.7. The van der Waals surface area contributed by atoms with Gasteiger partial charge in [-0.05, 0) is 37.5 Å². The van der Waals surface area contributed by atoms with E-state index in [0.717, 1.165) is 30.8 Å². The van der Waals surface area contributed by atoms with Gasteiger partial charge in [0.15, 0.2) is 0 Å². The highest BCUT2D eigenvalue weighted by atomic mass is 15.1. The van der Waals surface area contributed by atoms with Crippen molar-refractivity contribution in [3.63, 3.8) is 0 Å². The Hall–Kier alpha value is -2.35. The molecule has 0 aliphatic heterocycles. The summed E-state index contributed by atoms with van der Waals surface area (Å²) in [7, 11) is 0. The van der Waals surface area contributed by atoms with E-state index >= 15 is 0 Å². The third kappa shape index (κ3) is 3.53. The van der Waals surface area contributed by atoms with Crippen molar-refractivity contribution in [3.05, 3.63) is 79.1 Å². The molecule has 0 aliphatic carbocycles. The van der Waals surface area contributed by atoms with Gasteiger partial charge in [0.2, 0.25) is 0 Å². The van der Waals surface area contributed by atoms with Gasteiger partial charge in [-0.25, -0.2) is 4.98 Å². The first-order valence-electron chi connectivity index (χ1n) is 8.34. The second-order valence-corrected chi connectivity index (χ2v) is 5.80. The zero-order chi connectivity index (χ0) is 16.1. The van der Waals surface area contributed by atoms with Crippen molar-refractivity contribution in [1.29, 1.82) is 0 Å². The molecular weight excluding hydrogens is 280 g/mol. The molecule has 3 aromatic rings. The lowest BCUT2D eigenvalue weighted by atomic mass is 10.1. The number of imidazole rings is 1. The molecule has 1 heterocycles. The van der Waals surface area contributed by atoms with E-state index in [1.165, 1.54) is 23.2 Å². The Labute approximate surface area is 138 Å². The molecule has 0 atom stereocenters. The quantitative estimate of drug-likeness (QED) is 0.607. The number of aromatic nitrogens is 2. The fourth-order valence-electron chi connectivity index (χ4n) is 2.72. The van der Waals surface area contributed by atoms with Crippen LogP contribution in [0.15, 0.2) is 60.8 Å². The molecule has 0 fully saturated rings. The van der Waals surface area contributed by atoms with Gasteiger partial charge in [-0.2, -0.15) is 0 Å². The van der Waals surface area contributed by atoms with Crippen molar-refractivity contribution in [2.75, 3.05) is 0 Å². The second-order valence-electron chi connectivity index (χ2n) is 5.80. The van der Waals surface area contributed by atoms with Crippen molar-refractivity contribution in [2.45, 2.75) is 32.6 Å². The molecule has 1 radical (unpaired) electrons. The topological polar surface area (TPSA) is 17.8 Å². The minimum Gasteiger partial charge on any atom is -0.303 e. The normalized spacial score (nSPS) is 10.9. The lowest BCUT2D eigenvalue weighted by Crippen LogP contribution is -2.00. The Morgan fingerprint density at radius 2 is 1.74 bits per heavy atom. The van der Waals surface area contributed by atoms with Crippen molar-refractivity contribution in [2.24, 2.45) is 0 Å². The van der Waals surface area contributed by atoms with E-state index < -0.39 is 0 Å². The van der Waals surface area contributed by atoms with E-state index in [9.17, 15) is 0 Å². The molecule has 117 valence electrons. The molecule has 0 saturated carbocycles. The molecule has 0 bridgehead atoms. The van der Waals surface area contributed by atoms with Gasteiger partial charge >= 0.3 is 0 Å². The monoisotopic (exact) mass is 303 g/mol. The predicted octanol–water partition coefficient (Wildman–Crippen LogP) is 5.26. The molecule has 0 unspecified atom stereocenters. The molecule has 23 heavy (non-hydrogen) atoms. The first-order valence-corrected chi connectivity index (χ1v) is 8.34. The summed E-state index contributed by atoms with van der Waals surface area (Å²) < 4.78 is 2.23. The van der Waals surface area contributed by atoms with Crippen molar-refractivity contribution >= 4 is 0 Å². The highest BCUT2D eigenvalue weighted by Gasteiger charge is 2.10. The maximum absolute atomic E-state index is 4.89. The van der Waals surface area contributed by atoms with Crippen LogP contribution in [-0.2, 0) is 12.8 Å². The standard InChI is InChI=1S/C21H23N2/c1-3-5-11-21-22-20(18-9-7-6-8-10-18)16-23(21)19-14-12-17(4-2)13-15-19/h6-10,12-16H,2-5,11H2,1H3. The summed E-state index contributed by atoms with van der Waals surface area (Å²) in [6.45, 7) is 6.16. The lowest BCUT2D eigenvalue weighted by molar-refractivity contribution is 0.739. The van der Waals surface area contributed by atoms with Crippen LogP contribution in [0.3, 0.4) is 0 Å². The average Bonchev–Trinajstić information content (AvgIpc) is 3.05. The largest absolute Gasteiger partial charge is 0.303 e. The van der Waals surface area contributed by atoms with Crippen LogP contribution in [-0.4, -0.2) is 9.55 Å². The molecular formula is C21H23N2. The van der Waals surface area contributed by atoms with E-state index in [1.807, 2.05) is 6.07 Å². The minimum absolute atomic E-state index is 0.822. The van der Waals surface area contributed by atoms with Crippen LogP contribution < -0.4 is 0 Å². The minimum atomic E-state index is 0.822. The number of hydrogen-bond donors (Lipinski definition) is 0. The zero-order valence-corrected chi connectivity index (χ0v) is 13.7. The predicted molar refractivity (Wildman–Crippen MR) is 96.7 cm³/mol. The number of nitrogens with zero attached hydrogens (tertiary/aromatic N) is 2. The van der Waals surface area contributed by atoms with Crippen molar-refractivity contribution in [1.82, 2.24) is 9.55 Å². The van der Waals surface area contributed by atoms with Gasteiger partial charge in [0.1, 0.15) is 5.82 Å². The van der Waals surface area contributed by atoms with Gasteiger partial charge in [0, 0.05) is 23.9 Å². The number of unbranched alkanes of at least 4 members (excludes halogenated alkanes) is 1. The van der Waals surface area contributed by atoms with Crippen LogP contribution in [0.5, 0.6) is 0 Å². The summed E-state index contributed by atoms with van der Waals surface area (Å²) in [5.74, 6) is 1.13. The van der Waals surface area contributed by atoms with Crippen LogP contribution in [0.4, 0.5) is 0 Å². The Kier molecular flexibility index (Phi) is 4.92. The van der Waals surface area contributed by atoms with Crippen LogP contribution in [0.2, 0.25) is 0 Å². The molecule has 2 aromatic carbocycles. The molecule has 1 aromatic heterocycles. The summed E-state index contributed by atoms with van der Waals surface area (Å²) in [6, 6.07) is 19.0. The van der Waals surface area contributed by atoms with Crippen molar-refractivity contribution in [3.8, 4) is 16.9 Å². The molecule has 0 amide bonds. The lowest BCUT2D eigenvalue weighted by Gasteiger charge is -2.08. The molecule has 0 saturated heterocycles. The summed E-state index contributed by atoms with van der Waals surface area (Å²) in [4.78, 5) is 4.89. The average molecular weight is 303 g/mol. The molecule has 2 nitrogen and oxygen atoms in total. The summed E-state index contributed by atoms with van der Waals surface area (Å²) in [5.41, 5.74) is 4.63. The van der Waals surface area contributed by atoms with Crippen LogP contribution >= 0.6 is 0 Å². The molecule has 2 heteroatoms. The van der Waals surface area contributed by atoms with E-state index in [0.29, 0.717) is 0 Å².